The first-order valence-corrected chi connectivity index (χ1v) is 22.8. The highest BCUT2D eigenvalue weighted by Crippen LogP contribution is 2.28. The van der Waals surface area contributed by atoms with Crippen molar-refractivity contribution >= 4 is 61.4 Å². The Morgan fingerprint density at radius 2 is 1.05 bits per heavy atom. The van der Waals surface area contributed by atoms with Gasteiger partial charge in [0.1, 0.15) is 38.2 Å². The van der Waals surface area contributed by atoms with Gasteiger partial charge in [-0.3, -0.25) is 9.59 Å². The molecular weight excluding hydrogens is 589 g/mol. The Balaban J connectivity index is 1.26. The molecule has 5 rings (SSSR count). The molecule has 0 N–H and O–H groups in total. The Kier molecular flexibility index (Phi) is 9.17. The van der Waals surface area contributed by atoms with E-state index in [1.165, 1.54) is 0 Å². The van der Waals surface area contributed by atoms with Crippen LogP contribution in [-0.2, 0) is 32.5 Å². The number of aromatic nitrogens is 4. The maximum absolute atomic E-state index is 13.4. The van der Waals surface area contributed by atoms with Crippen molar-refractivity contribution in [3.05, 3.63) is 48.0 Å². The number of hydrogen-bond donors (Lipinski definition) is 0. The predicted molar refractivity (Wildman–Crippen MR) is 182 cm³/mol. The zero-order chi connectivity index (χ0) is 31.8. The van der Waals surface area contributed by atoms with Crippen LogP contribution in [0.15, 0.2) is 36.4 Å². The third-order valence-electron chi connectivity index (χ3n) is 8.09. The highest BCUT2D eigenvalue weighted by Gasteiger charge is 2.32. The van der Waals surface area contributed by atoms with Crippen molar-refractivity contribution in [2.24, 2.45) is 0 Å². The third kappa shape index (κ3) is 7.31. The fourth-order valence-electron chi connectivity index (χ4n) is 5.30. The number of carbonyl (C=O) groups is 2. The van der Waals surface area contributed by atoms with Crippen LogP contribution in [0.5, 0.6) is 0 Å². The Bertz CT molecular complexity index is 1560. The van der Waals surface area contributed by atoms with Gasteiger partial charge in [-0.25, -0.2) is 9.97 Å². The van der Waals surface area contributed by atoms with Crippen LogP contribution in [0, 0.1) is 13.8 Å². The van der Waals surface area contributed by atoms with Gasteiger partial charge in [-0.2, -0.15) is 0 Å². The average Bonchev–Trinajstić information content (AvgIpc) is 3.42. The van der Waals surface area contributed by atoms with E-state index >= 15 is 0 Å². The number of ether oxygens (including phenoxy) is 2. The maximum atomic E-state index is 13.4. The van der Waals surface area contributed by atoms with Gasteiger partial charge >= 0.3 is 0 Å². The van der Waals surface area contributed by atoms with E-state index in [2.05, 4.69) is 39.3 Å². The molecule has 44 heavy (non-hydrogen) atoms. The Hall–Kier alpha value is -3.33. The van der Waals surface area contributed by atoms with E-state index in [9.17, 15) is 9.59 Å². The summed E-state index contributed by atoms with van der Waals surface area (Å²) >= 11 is 0. The van der Waals surface area contributed by atoms with Crippen molar-refractivity contribution in [3.63, 3.8) is 0 Å². The minimum Gasteiger partial charge on any atom is -0.361 e. The van der Waals surface area contributed by atoms with Gasteiger partial charge in [0.15, 0.2) is 0 Å². The van der Waals surface area contributed by atoms with E-state index in [-0.39, 0.29) is 24.9 Å². The number of nitrogens with zero attached hydrogens (tertiary/aromatic N) is 6. The van der Waals surface area contributed by atoms with E-state index < -0.39 is 16.1 Å². The maximum Gasteiger partial charge on any atom is 0.247 e. The molecule has 2 aromatic carbocycles. The van der Waals surface area contributed by atoms with Crippen LogP contribution < -0.4 is 9.80 Å². The molecule has 2 aromatic heterocycles. The van der Waals surface area contributed by atoms with Gasteiger partial charge in [-0.1, -0.05) is 39.3 Å². The first-order chi connectivity index (χ1) is 20.7. The largest absolute Gasteiger partial charge is 0.361 e. The lowest BCUT2D eigenvalue weighted by molar-refractivity contribution is -0.125. The molecule has 1 aliphatic rings. The first-order valence-electron chi connectivity index (χ1n) is 15.4. The number of amides is 2. The minimum absolute atomic E-state index is 0.0414. The number of rotatable bonds is 12. The predicted octanol–water partition coefficient (Wildman–Crippen LogP) is 6.01. The van der Waals surface area contributed by atoms with Crippen molar-refractivity contribution in [3.8, 4) is 0 Å². The standard InChI is InChI=1S/C32H46N6O4Si2/c1-23-33-27-17-25(9-11-29(27)37(23)21-41-13-15-43(3,4)5)35-19-32(40)36(20-31(35)39)26-10-12-30-28(18-26)34-24(2)38(30)22-42-14-16-44(6,7)8/h9-12,17-18H,13-16,19-22H2,1-8H3. The van der Waals surface area contributed by atoms with Crippen LogP contribution in [0.25, 0.3) is 22.1 Å². The fraction of sp³-hybridized carbons (Fsp3) is 0.500. The van der Waals surface area contributed by atoms with E-state index in [4.69, 9.17) is 19.4 Å². The number of hydrogen-bond acceptors (Lipinski definition) is 6. The molecule has 0 aliphatic carbocycles. The zero-order valence-electron chi connectivity index (χ0n) is 27.4. The van der Waals surface area contributed by atoms with E-state index in [0.717, 1.165) is 59.0 Å². The molecular formula is C32H46N6O4Si2. The lowest BCUT2D eigenvalue weighted by Crippen LogP contribution is -2.54. The van der Waals surface area contributed by atoms with Crippen molar-refractivity contribution in [2.75, 3.05) is 36.1 Å². The second kappa shape index (κ2) is 12.6. The quantitative estimate of drug-likeness (QED) is 0.140. The summed E-state index contributed by atoms with van der Waals surface area (Å²) in [4.78, 5) is 39.3. The second-order valence-corrected chi connectivity index (χ2v) is 25.4. The average molecular weight is 635 g/mol. The number of imidazole rings is 2. The van der Waals surface area contributed by atoms with E-state index in [1.54, 1.807) is 9.80 Å². The smallest absolute Gasteiger partial charge is 0.247 e. The van der Waals surface area contributed by atoms with Gasteiger partial charge < -0.3 is 28.4 Å². The van der Waals surface area contributed by atoms with Crippen molar-refractivity contribution in [1.82, 2.24) is 19.1 Å². The number of anilines is 2. The highest BCUT2D eigenvalue weighted by molar-refractivity contribution is 6.76. The van der Waals surface area contributed by atoms with Crippen LogP contribution in [-0.4, -0.2) is 73.4 Å². The summed E-state index contributed by atoms with van der Waals surface area (Å²) < 4.78 is 16.0. The van der Waals surface area contributed by atoms with Gasteiger partial charge in [-0.05, 0) is 62.3 Å². The molecule has 10 nitrogen and oxygen atoms in total. The molecule has 0 unspecified atom stereocenters. The molecule has 4 aromatic rings. The van der Waals surface area contributed by atoms with Crippen molar-refractivity contribution in [2.45, 2.75) is 78.7 Å². The molecule has 0 radical (unpaired) electrons. The monoisotopic (exact) mass is 634 g/mol. The molecule has 12 heteroatoms. The lowest BCUT2D eigenvalue weighted by Gasteiger charge is -2.34. The summed E-state index contributed by atoms with van der Waals surface area (Å²) in [6.45, 7) is 20.2. The number of fused-ring (bicyclic) bond motifs is 2. The molecule has 3 heterocycles. The first kappa shape index (κ1) is 32.1. The Labute approximate surface area is 262 Å². The molecule has 0 bridgehead atoms. The molecule has 236 valence electrons. The summed E-state index contributed by atoms with van der Waals surface area (Å²) in [5, 5.41) is 0. The normalized spacial score (nSPS) is 14.9. The minimum atomic E-state index is -1.16. The molecule has 1 aliphatic heterocycles. The number of carbonyl (C=O) groups excluding carboxylic acids is 2. The number of piperazine rings is 1. The Morgan fingerprint density at radius 3 is 1.41 bits per heavy atom. The number of aryl methyl sites for hydroxylation is 2. The van der Waals surface area contributed by atoms with Crippen LogP contribution in [0.2, 0.25) is 51.4 Å². The van der Waals surface area contributed by atoms with Crippen LogP contribution in [0.1, 0.15) is 11.6 Å². The summed E-state index contributed by atoms with van der Waals surface area (Å²) in [5.41, 5.74) is 4.77. The fourth-order valence-corrected chi connectivity index (χ4v) is 6.81. The van der Waals surface area contributed by atoms with E-state index in [1.807, 2.05) is 59.4 Å². The van der Waals surface area contributed by atoms with Gasteiger partial charge in [-0.15, -0.1) is 0 Å². The summed E-state index contributed by atoms with van der Waals surface area (Å²) in [7, 11) is -2.33. The van der Waals surface area contributed by atoms with Gasteiger partial charge in [0.05, 0.1) is 22.1 Å². The summed E-state index contributed by atoms with van der Waals surface area (Å²) in [6.07, 6.45) is 0. The molecule has 1 saturated heterocycles. The molecule has 0 atom stereocenters. The van der Waals surface area contributed by atoms with Gasteiger partial charge in [0, 0.05) is 40.7 Å². The van der Waals surface area contributed by atoms with Crippen LogP contribution in [0.4, 0.5) is 11.4 Å². The summed E-state index contributed by atoms with van der Waals surface area (Å²) in [6, 6.07) is 13.7. The molecule has 2 amide bonds. The lowest BCUT2D eigenvalue weighted by atomic mass is 10.2. The van der Waals surface area contributed by atoms with Crippen LogP contribution >= 0.6 is 0 Å². The van der Waals surface area contributed by atoms with Crippen LogP contribution in [0.3, 0.4) is 0 Å². The SMILES string of the molecule is Cc1nc2cc(N3CC(=O)N(c4ccc5c(c4)nc(C)n5COCC[Si](C)(C)C)CC3=O)ccc2n1COCC[Si](C)(C)C. The van der Waals surface area contributed by atoms with Gasteiger partial charge in [0.2, 0.25) is 11.8 Å². The molecule has 1 fully saturated rings. The van der Waals surface area contributed by atoms with Crippen molar-refractivity contribution < 1.29 is 19.1 Å². The van der Waals surface area contributed by atoms with Gasteiger partial charge in [0.25, 0.3) is 0 Å². The third-order valence-corrected chi connectivity index (χ3v) is 11.5. The van der Waals surface area contributed by atoms with E-state index in [0.29, 0.717) is 24.8 Å². The number of benzene rings is 2. The molecule has 0 spiro atoms. The van der Waals surface area contributed by atoms with Crippen molar-refractivity contribution in [1.29, 1.82) is 0 Å². The highest BCUT2D eigenvalue weighted by atomic mass is 28.3. The zero-order valence-corrected chi connectivity index (χ0v) is 29.4. The topological polar surface area (TPSA) is 94.7 Å². The summed E-state index contributed by atoms with van der Waals surface area (Å²) in [5.74, 6) is 1.41. The molecule has 0 saturated carbocycles. The Morgan fingerprint density at radius 1 is 0.659 bits per heavy atom. The second-order valence-electron chi connectivity index (χ2n) is 14.2.